The van der Waals surface area contributed by atoms with E-state index in [1.54, 1.807) is 14.0 Å². The molecule has 1 saturated heterocycles. The van der Waals surface area contributed by atoms with E-state index in [1.807, 2.05) is 19.1 Å². The minimum Gasteiger partial charge on any atom is -0.496 e. The Morgan fingerprint density at radius 3 is 2.60 bits per heavy atom. The number of methoxy groups -OCH3 is 1. The van der Waals surface area contributed by atoms with Crippen molar-refractivity contribution in [3.63, 3.8) is 0 Å². The van der Waals surface area contributed by atoms with E-state index in [4.69, 9.17) is 9.47 Å². The molecule has 0 spiro atoms. The van der Waals surface area contributed by atoms with E-state index in [2.05, 4.69) is 21.4 Å². The predicted octanol–water partition coefficient (Wildman–Crippen LogP) is 1.49. The van der Waals surface area contributed by atoms with Gasteiger partial charge in [-0.15, -0.1) is 0 Å². The Kier molecular flexibility index (Phi) is 6.77. The van der Waals surface area contributed by atoms with E-state index in [9.17, 15) is 14.4 Å². The van der Waals surface area contributed by atoms with Crippen LogP contribution in [0.15, 0.2) is 27.8 Å². The molecule has 0 radical (unpaired) electrons. The number of carbonyl (C=O) groups is 1. The minimum absolute atomic E-state index is 0.141. The molecular formula is C22H29N3O5. The monoisotopic (exact) mass is 415 g/mol. The zero-order valence-electron chi connectivity index (χ0n) is 17.7. The van der Waals surface area contributed by atoms with Crippen molar-refractivity contribution >= 4 is 5.91 Å². The van der Waals surface area contributed by atoms with Crippen LogP contribution in [0.1, 0.15) is 41.6 Å². The van der Waals surface area contributed by atoms with E-state index in [0.29, 0.717) is 31.0 Å². The summed E-state index contributed by atoms with van der Waals surface area (Å²) in [5.74, 6) is 0.671. The van der Waals surface area contributed by atoms with E-state index in [1.165, 1.54) is 0 Å². The number of ether oxygens (including phenoxy) is 2. The number of H-pyrrole nitrogens is 2. The van der Waals surface area contributed by atoms with Crippen molar-refractivity contribution in [3.05, 3.63) is 61.4 Å². The van der Waals surface area contributed by atoms with Gasteiger partial charge in [0.1, 0.15) is 5.75 Å². The molecule has 1 aliphatic rings. The largest absolute Gasteiger partial charge is 0.496 e. The fraction of sp³-hybridized carbons (Fsp3) is 0.500. The van der Waals surface area contributed by atoms with E-state index in [-0.39, 0.29) is 24.2 Å². The molecule has 162 valence electrons. The second kappa shape index (κ2) is 9.30. The van der Waals surface area contributed by atoms with Crippen molar-refractivity contribution in [1.82, 2.24) is 15.3 Å². The molecule has 1 fully saturated rings. The molecule has 2 heterocycles. The van der Waals surface area contributed by atoms with Gasteiger partial charge in [-0.1, -0.05) is 17.7 Å². The topological polar surface area (TPSA) is 113 Å². The van der Waals surface area contributed by atoms with Crippen LogP contribution in [-0.4, -0.2) is 42.7 Å². The zero-order chi connectivity index (χ0) is 21.7. The van der Waals surface area contributed by atoms with Gasteiger partial charge in [0.05, 0.1) is 7.11 Å². The van der Waals surface area contributed by atoms with Crippen molar-refractivity contribution in [2.45, 2.75) is 44.9 Å². The van der Waals surface area contributed by atoms with Gasteiger partial charge in [0.25, 0.3) is 5.56 Å². The molecule has 3 rings (SSSR count). The van der Waals surface area contributed by atoms with Crippen molar-refractivity contribution < 1.29 is 14.3 Å². The van der Waals surface area contributed by atoms with Gasteiger partial charge in [-0.2, -0.15) is 0 Å². The average Bonchev–Trinajstić information content (AvgIpc) is 2.72. The van der Waals surface area contributed by atoms with Crippen LogP contribution in [0.3, 0.4) is 0 Å². The molecule has 1 aliphatic heterocycles. The highest BCUT2D eigenvalue weighted by atomic mass is 16.5. The highest BCUT2D eigenvalue weighted by Crippen LogP contribution is 2.40. The number of nitrogens with one attached hydrogen (secondary N) is 3. The number of hydrogen-bond acceptors (Lipinski definition) is 5. The van der Waals surface area contributed by atoms with Gasteiger partial charge >= 0.3 is 5.69 Å². The zero-order valence-corrected chi connectivity index (χ0v) is 17.7. The Bertz CT molecular complexity index is 1020. The highest BCUT2D eigenvalue weighted by Gasteiger charge is 2.37. The molecule has 0 atom stereocenters. The first-order chi connectivity index (χ1) is 14.3. The molecule has 1 aromatic carbocycles. The fourth-order valence-corrected chi connectivity index (χ4v) is 4.06. The maximum Gasteiger partial charge on any atom is 0.325 e. The standard InChI is InChI=1S/C22H29N3O5/c1-14-4-6-18(29-3)17(12-14)22(8-10-30-11-9-22)13-23-19(26)7-5-16-15(2)24-21(28)25-20(16)27/h4,6,12H,5,7-11,13H2,1-3H3,(H,23,26)(H2,24,25,27,28). The van der Waals surface area contributed by atoms with Gasteiger partial charge in [-0.3, -0.25) is 14.6 Å². The van der Waals surface area contributed by atoms with Gasteiger partial charge in [-0.05, 0) is 39.2 Å². The van der Waals surface area contributed by atoms with Crippen molar-refractivity contribution in [1.29, 1.82) is 0 Å². The Morgan fingerprint density at radius 1 is 1.20 bits per heavy atom. The Balaban J connectivity index is 1.73. The maximum absolute atomic E-state index is 12.6. The first kappa shape index (κ1) is 21.8. The summed E-state index contributed by atoms with van der Waals surface area (Å²) in [6, 6.07) is 6.10. The smallest absolute Gasteiger partial charge is 0.325 e. The average molecular weight is 415 g/mol. The van der Waals surface area contributed by atoms with Crippen LogP contribution < -0.4 is 21.3 Å². The molecule has 0 bridgehead atoms. The summed E-state index contributed by atoms with van der Waals surface area (Å²) in [4.78, 5) is 40.7. The number of rotatable bonds is 7. The first-order valence-corrected chi connectivity index (χ1v) is 10.2. The molecule has 0 unspecified atom stereocenters. The summed E-state index contributed by atoms with van der Waals surface area (Å²) < 4.78 is 11.2. The van der Waals surface area contributed by atoms with Crippen molar-refractivity contribution in [3.8, 4) is 5.75 Å². The third kappa shape index (κ3) is 4.81. The third-order valence-electron chi connectivity index (χ3n) is 5.86. The molecule has 8 heteroatoms. The lowest BCUT2D eigenvalue weighted by atomic mass is 9.73. The lowest BCUT2D eigenvalue weighted by Gasteiger charge is -2.39. The molecule has 2 aromatic rings. The number of amides is 1. The molecule has 1 amide bonds. The van der Waals surface area contributed by atoms with Crippen LogP contribution in [0.5, 0.6) is 5.75 Å². The van der Waals surface area contributed by atoms with Gasteiger partial charge in [-0.25, -0.2) is 4.79 Å². The second-order valence-corrected chi connectivity index (χ2v) is 7.88. The van der Waals surface area contributed by atoms with Crippen molar-refractivity contribution in [2.75, 3.05) is 26.9 Å². The fourth-order valence-electron chi connectivity index (χ4n) is 4.06. The Morgan fingerprint density at radius 2 is 1.93 bits per heavy atom. The summed E-state index contributed by atoms with van der Waals surface area (Å²) in [6.07, 6.45) is 1.98. The number of benzene rings is 1. The van der Waals surface area contributed by atoms with Crippen LogP contribution in [0.25, 0.3) is 0 Å². The van der Waals surface area contributed by atoms with Crippen molar-refractivity contribution in [2.24, 2.45) is 0 Å². The summed E-state index contributed by atoms with van der Waals surface area (Å²) in [5, 5.41) is 3.05. The van der Waals surface area contributed by atoms with Crippen LogP contribution in [0.4, 0.5) is 0 Å². The summed E-state index contributed by atoms with van der Waals surface area (Å²) in [5.41, 5.74) is 1.87. The third-order valence-corrected chi connectivity index (χ3v) is 5.86. The second-order valence-electron chi connectivity index (χ2n) is 7.88. The molecule has 8 nitrogen and oxygen atoms in total. The van der Waals surface area contributed by atoms with Crippen LogP contribution >= 0.6 is 0 Å². The van der Waals surface area contributed by atoms with Gasteiger partial charge < -0.3 is 19.8 Å². The van der Waals surface area contributed by atoms with Crippen LogP contribution in [0, 0.1) is 13.8 Å². The number of aromatic amines is 2. The molecule has 0 saturated carbocycles. The lowest BCUT2D eigenvalue weighted by Crippen LogP contribution is -2.45. The summed E-state index contributed by atoms with van der Waals surface area (Å²) >= 11 is 0. The number of carbonyl (C=O) groups excluding carboxylic acids is 1. The summed E-state index contributed by atoms with van der Waals surface area (Å²) in [6.45, 7) is 5.41. The highest BCUT2D eigenvalue weighted by molar-refractivity contribution is 5.76. The number of hydrogen-bond donors (Lipinski definition) is 3. The van der Waals surface area contributed by atoms with Gasteiger partial charge in [0, 0.05) is 48.4 Å². The molecule has 1 aromatic heterocycles. The lowest BCUT2D eigenvalue weighted by molar-refractivity contribution is -0.121. The van der Waals surface area contributed by atoms with E-state index in [0.717, 1.165) is 29.7 Å². The van der Waals surface area contributed by atoms with Gasteiger partial charge in [0.2, 0.25) is 5.91 Å². The normalized spacial score (nSPS) is 15.6. The SMILES string of the molecule is COc1ccc(C)cc1C1(CNC(=O)CCc2c(C)[nH]c(=O)[nH]c2=O)CCOCC1. The Hall–Kier alpha value is -2.87. The first-order valence-electron chi connectivity index (χ1n) is 10.2. The van der Waals surface area contributed by atoms with E-state index < -0.39 is 11.2 Å². The molecule has 30 heavy (non-hydrogen) atoms. The quantitative estimate of drug-likeness (QED) is 0.634. The minimum atomic E-state index is -0.542. The number of aryl methyl sites for hydroxylation is 2. The van der Waals surface area contributed by atoms with Gasteiger partial charge in [0.15, 0.2) is 0 Å². The maximum atomic E-state index is 12.6. The van der Waals surface area contributed by atoms with Crippen LogP contribution in [0.2, 0.25) is 0 Å². The predicted molar refractivity (Wildman–Crippen MR) is 113 cm³/mol. The summed E-state index contributed by atoms with van der Waals surface area (Å²) in [7, 11) is 1.66. The Labute approximate surface area is 175 Å². The van der Waals surface area contributed by atoms with E-state index >= 15 is 0 Å². The molecule has 0 aliphatic carbocycles. The van der Waals surface area contributed by atoms with Crippen LogP contribution in [-0.2, 0) is 21.4 Å². The molecular weight excluding hydrogens is 386 g/mol. The molecule has 3 N–H and O–H groups in total. The number of aromatic nitrogens is 2.